The van der Waals surface area contributed by atoms with Gasteiger partial charge in [0.2, 0.25) is 11.6 Å². The number of amides is 2. The number of carbonyl (C=O) groups excluding carboxylic acids is 3. The Hall–Kier alpha value is -4.46. The minimum Gasteiger partial charge on any atom is -0.418 e. The number of aromatic nitrogens is 4. The van der Waals surface area contributed by atoms with Crippen molar-refractivity contribution in [1.29, 1.82) is 0 Å². The number of benzene rings is 1. The van der Waals surface area contributed by atoms with Gasteiger partial charge in [0.1, 0.15) is 11.6 Å². The number of nitrogens with zero attached hydrogens (tertiary/aromatic N) is 4. The van der Waals surface area contributed by atoms with Gasteiger partial charge in [0.25, 0.3) is 11.5 Å². The SMILES string of the molecule is [2H]C([2H])([2H])C(NC(=O)c1nnc(C)o1)(c1nc(C(=O)NCc2ccc(F)cc2)c(OC(=O)CCOC)c(=O)n1C)C([2H])([2H])[2H]. The molecule has 2 heterocycles. The largest absolute Gasteiger partial charge is 0.418 e. The van der Waals surface area contributed by atoms with Crippen molar-refractivity contribution in [3.63, 3.8) is 0 Å². The molecule has 0 aliphatic carbocycles. The van der Waals surface area contributed by atoms with E-state index in [1.807, 2.05) is 5.32 Å². The van der Waals surface area contributed by atoms with Crippen LogP contribution in [-0.2, 0) is 28.7 Å². The third kappa shape index (κ3) is 6.64. The average Bonchev–Trinajstić information content (AvgIpc) is 3.38. The Kier molecular flexibility index (Phi) is 6.35. The zero-order valence-electron chi connectivity index (χ0n) is 26.5. The second kappa shape index (κ2) is 11.7. The second-order valence-electron chi connectivity index (χ2n) is 7.83. The third-order valence-corrected chi connectivity index (χ3v) is 4.91. The fraction of sp³-hybridized carbons (Fsp3) is 0.375. The molecule has 0 bridgehead atoms. The summed E-state index contributed by atoms with van der Waals surface area (Å²) >= 11 is 0. The van der Waals surface area contributed by atoms with E-state index in [4.69, 9.17) is 22.1 Å². The van der Waals surface area contributed by atoms with Gasteiger partial charge in [0, 0.05) is 35.9 Å². The Balaban J connectivity index is 2.26. The smallest absolute Gasteiger partial charge is 0.313 e. The molecule has 38 heavy (non-hydrogen) atoms. The first-order valence-corrected chi connectivity index (χ1v) is 10.9. The van der Waals surface area contributed by atoms with Crippen LogP contribution in [0.15, 0.2) is 33.5 Å². The first-order chi connectivity index (χ1) is 20.4. The van der Waals surface area contributed by atoms with Crippen LogP contribution in [0.25, 0.3) is 0 Å². The third-order valence-electron chi connectivity index (χ3n) is 4.91. The highest BCUT2D eigenvalue weighted by molar-refractivity contribution is 5.95. The standard InChI is InChI=1S/C24H27FN6O7/c1-13-29-30-21(37-13)20(34)28-24(2,3)23-27-17(19(33)26-12-14-6-8-15(25)9-7-14)18(22(35)31(23)4)38-16(32)10-11-36-5/h6-9H,10-12H2,1-5H3,(H,26,33)(H,28,34)/i2D3,3D3. The second-order valence-corrected chi connectivity index (χ2v) is 7.83. The van der Waals surface area contributed by atoms with Gasteiger partial charge in [-0.25, -0.2) is 9.37 Å². The summed E-state index contributed by atoms with van der Waals surface area (Å²) in [6, 6.07) is 4.92. The monoisotopic (exact) mass is 536 g/mol. The summed E-state index contributed by atoms with van der Waals surface area (Å²) in [6.07, 6.45) is -0.369. The van der Waals surface area contributed by atoms with Crippen molar-refractivity contribution in [3.05, 3.63) is 69.3 Å². The number of rotatable bonds is 10. The van der Waals surface area contributed by atoms with Gasteiger partial charge < -0.3 is 24.5 Å². The topological polar surface area (TPSA) is 168 Å². The number of carbonyl (C=O) groups is 3. The fourth-order valence-corrected chi connectivity index (χ4v) is 3.05. The molecule has 2 amide bonds. The van der Waals surface area contributed by atoms with E-state index in [0.717, 1.165) is 19.2 Å². The normalized spacial score (nSPS) is 14.2. The molecule has 0 saturated carbocycles. The fourth-order valence-electron chi connectivity index (χ4n) is 3.05. The minimum absolute atomic E-state index is 0.103. The summed E-state index contributed by atoms with van der Waals surface area (Å²) in [5.74, 6) is -7.21. The van der Waals surface area contributed by atoms with Gasteiger partial charge in [-0.2, -0.15) is 0 Å². The molecule has 0 spiro atoms. The Morgan fingerprint density at radius 2 is 1.89 bits per heavy atom. The van der Waals surface area contributed by atoms with Crippen LogP contribution in [0.5, 0.6) is 5.75 Å². The lowest BCUT2D eigenvalue weighted by Crippen LogP contribution is -2.46. The van der Waals surface area contributed by atoms with E-state index < -0.39 is 71.6 Å². The van der Waals surface area contributed by atoms with E-state index in [1.54, 1.807) is 0 Å². The average molecular weight is 537 g/mol. The number of methoxy groups -OCH3 is 1. The molecule has 202 valence electrons. The highest BCUT2D eigenvalue weighted by atomic mass is 19.1. The Bertz CT molecular complexity index is 1590. The zero-order valence-corrected chi connectivity index (χ0v) is 20.5. The predicted octanol–water partition coefficient (Wildman–Crippen LogP) is 1.15. The first kappa shape index (κ1) is 20.6. The van der Waals surface area contributed by atoms with E-state index in [9.17, 15) is 23.6 Å². The summed E-state index contributed by atoms with van der Waals surface area (Å²) in [4.78, 5) is 56.3. The van der Waals surface area contributed by atoms with E-state index in [1.165, 1.54) is 26.2 Å². The molecule has 13 nitrogen and oxygen atoms in total. The molecule has 3 aromatic rings. The molecule has 0 aliphatic rings. The van der Waals surface area contributed by atoms with Crippen LogP contribution >= 0.6 is 0 Å². The number of aryl methyl sites for hydroxylation is 1. The van der Waals surface area contributed by atoms with Crippen LogP contribution in [0, 0.1) is 12.7 Å². The summed E-state index contributed by atoms with van der Waals surface area (Å²) < 4.78 is 77.8. The maximum atomic E-state index is 13.6. The maximum absolute atomic E-state index is 13.6. The van der Waals surface area contributed by atoms with E-state index in [0.29, 0.717) is 10.1 Å². The van der Waals surface area contributed by atoms with Crippen LogP contribution in [0.2, 0.25) is 0 Å². The zero-order chi connectivity index (χ0) is 33.0. The lowest BCUT2D eigenvalue weighted by Gasteiger charge is -2.27. The number of halogens is 1. The van der Waals surface area contributed by atoms with Crippen LogP contribution in [0.4, 0.5) is 4.39 Å². The number of esters is 1. The van der Waals surface area contributed by atoms with Crippen molar-refractivity contribution in [2.45, 2.75) is 39.1 Å². The van der Waals surface area contributed by atoms with Crippen molar-refractivity contribution in [1.82, 2.24) is 30.4 Å². The molecule has 14 heteroatoms. The lowest BCUT2D eigenvalue weighted by molar-refractivity contribution is -0.135. The van der Waals surface area contributed by atoms with Gasteiger partial charge in [-0.1, -0.05) is 12.1 Å². The van der Waals surface area contributed by atoms with Crippen molar-refractivity contribution in [2.75, 3.05) is 13.7 Å². The van der Waals surface area contributed by atoms with Crippen LogP contribution in [-0.4, -0.2) is 51.2 Å². The van der Waals surface area contributed by atoms with Gasteiger partial charge in [-0.3, -0.25) is 23.7 Å². The molecule has 1 aromatic carbocycles. The van der Waals surface area contributed by atoms with E-state index in [-0.39, 0.29) is 25.5 Å². The van der Waals surface area contributed by atoms with Crippen molar-refractivity contribution in [3.8, 4) is 5.75 Å². The molecule has 3 rings (SSSR count). The molecule has 0 atom stereocenters. The molecule has 0 radical (unpaired) electrons. The quantitative estimate of drug-likeness (QED) is 0.359. The Labute approximate surface area is 224 Å². The van der Waals surface area contributed by atoms with Gasteiger partial charge in [0.05, 0.1) is 18.6 Å². The summed E-state index contributed by atoms with van der Waals surface area (Å²) in [7, 11) is 2.21. The van der Waals surface area contributed by atoms with E-state index in [2.05, 4.69) is 20.5 Å². The lowest BCUT2D eigenvalue weighted by atomic mass is 10.0. The summed E-state index contributed by atoms with van der Waals surface area (Å²) in [6.45, 7) is -6.41. The molecule has 0 fully saturated rings. The maximum Gasteiger partial charge on any atom is 0.313 e. The number of nitrogens with one attached hydrogen (secondary N) is 2. The highest BCUT2D eigenvalue weighted by Crippen LogP contribution is 2.22. The first-order valence-electron chi connectivity index (χ1n) is 13.9. The van der Waals surface area contributed by atoms with Crippen LogP contribution < -0.4 is 20.9 Å². The van der Waals surface area contributed by atoms with Crippen LogP contribution in [0.3, 0.4) is 0 Å². The van der Waals surface area contributed by atoms with Gasteiger partial charge in [-0.05, 0) is 31.4 Å². The number of hydrogen-bond acceptors (Lipinski definition) is 10. The van der Waals surface area contributed by atoms with Gasteiger partial charge in [0.15, 0.2) is 5.69 Å². The number of hydrogen-bond donors (Lipinski definition) is 2. The Morgan fingerprint density at radius 3 is 2.50 bits per heavy atom. The van der Waals surface area contributed by atoms with Gasteiger partial charge in [-0.15, -0.1) is 10.2 Å². The van der Waals surface area contributed by atoms with Crippen molar-refractivity contribution in [2.24, 2.45) is 7.05 Å². The molecule has 0 aliphatic heterocycles. The molecular weight excluding hydrogens is 503 g/mol. The van der Waals surface area contributed by atoms with Crippen molar-refractivity contribution >= 4 is 17.8 Å². The van der Waals surface area contributed by atoms with Crippen LogP contribution in [0.1, 0.15) is 66.8 Å². The molecule has 2 N–H and O–H groups in total. The summed E-state index contributed by atoms with van der Waals surface area (Å²) in [5, 5.41) is 11.2. The predicted molar refractivity (Wildman–Crippen MR) is 129 cm³/mol. The summed E-state index contributed by atoms with van der Waals surface area (Å²) in [5.41, 5.74) is -5.38. The molecule has 2 aromatic heterocycles. The highest BCUT2D eigenvalue weighted by Gasteiger charge is 2.33. The molecule has 0 unspecified atom stereocenters. The molecular formula is C24H27FN6O7. The van der Waals surface area contributed by atoms with E-state index >= 15 is 0 Å². The molecule has 0 saturated heterocycles. The van der Waals surface area contributed by atoms with Gasteiger partial charge >= 0.3 is 17.8 Å². The minimum atomic E-state index is -3.67. The number of ether oxygens (including phenoxy) is 2. The Morgan fingerprint density at radius 1 is 1.18 bits per heavy atom. The van der Waals surface area contributed by atoms with Crippen molar-refractivity contribution < 1.29 is 40.9 Å².